The highest BCUT2D eigenvalue weighted by Gasteiger charge is 2.44. The van der Waals surface area contributed by atoms with E-state index < -0.39 is 8.32 Å². The summed E-state index contributed by atoms with van der Waals surface area (Å²) in [5.74, 6) is 1.02. The highest BCUT2D eigenvalue weighted by molar-refractivity contribution is 7.07. The van der Waals surface area contributed by atoms with Gasteiger partial charge in [-0.05, 0) is 47.3 Å². The molecular weight excluding hydrogens is 464 g/mol. The predicted octanol–water partition coefficient (Wildman–Crippen LogP) is 7.63. The number of hydrogen-bond donors (Lipinski definition) is 0. The Bertz CT molecular complexity index is 1180. The Balaban J connectivity index is 2.02. The molecule has 0 saturated carbocycles. The average molecular weight is 503 g/mol. The first kappa shape index (κ1) is 26.4. The van der Waals surface area contributed by atoms with E-state index in [4.69, 9.17) is 4.43 Å². The van der Waals surface area contributed by atoms with Gasteiger partial charge in [-0.15, -0.1) is 0 Å². The second kappa shape index (κ2) is 13.1. The molecular formula is C35H38OSi. The number of allylic oxidation sites excluding steroid dienone is 2. The maximum absolute atomic E-state index is 7.65. The summed E-state index contributed by atoms with van der Waals surface area (Å²) in [6.45, 7) is 8.67. The van der Waals surface area contributed by atoms with Crippen molar-refractivity contribution >= 4 is 29.6 Å². The van der Waals surface area contributed by atoms with Gasteiger partial charge in [-0.1, -0.05) is 153 Å². The first-order chi connectivity index (χ1) is 18.1. The summed E-state index contributed by atoms with van der Waals surface area (Å²) in [6.07, 6.45) is 5.40. The fourth-order valence-electron chi connectivity index (χ4n) is 5.01. The molecule has 0 N–H and O–H groups in total. The van der Waals surface area contributed by atoms with Crippen molar-refractivity contribution in [2.24, 2.45) is 0 Å². The molecule has 0 aliphatic rings. The lowest BCUT2D eigenvalue weighted by atomic mass is 9.97. The second-order valence-corrected chi connectivity index (χ2v) is 13.1. The van der Waals surface area contributed by atoms with Gasteiger partial charge in [0.1, 0.15) is 5.76 Å². The van der Waals surface area contributed by atoms with Crippen LogP contribution in [-0.4, -0.2) is 8.32 Å². The van der Waals surface area contributed by atoms with Crippen molar-refractivity contribution in [3.8, 4) is 0 Å². The molecule has 0 atom stereocenters. The zero-order valence-electron chi connectivity index (χ0n) is 22.2. The van der Waals surface area contributed by atoms with Gasteiger partial charge in [-0.25, -0.2) is 0 Å². The molecule has 0 radical (unpaired) electrons. The third kappa shape index (κ3) is 6.39. The van der Waals surface area contributed by atoms with Crippen LogP contribution < -0.4 is 15.6 Å². The maximum Gasteiger partial charge on any atom is 0.346 e. The van der Waals surface area contributed by atoms with Crippen molar-refractivity contribution in [3.05, 3.63) is 145 Å². The van der Waals surface area contributed by atoms with Crippen LogP contribution >= 0.6 is 0 Å². The fourth-order valence-corrected chi connectivity index (χ4v) is 8.92. The van der Waals surface area contributed by atoms with Crippen LogP contribution in [0.15, 0.2) is 139 Å². The van der Waals surface area contributed by atoms with Gasteiger partial charge in [0.25, 0.3) is 0 Å². The van der Waals surface area contributed by atoms with Gasteiger partial charge in [0.2, 0.25) is 0 Å². The van der Waals surface area contributed by atoms with Gasteiger partial charge in [0, 0.05) is 5.56 Å². The zero-order valence-corrected chi connectivity index (χ0v) is 23.2. The third-order valence-corrected chi connectivity index (χ3v) is 10.7. The Morgan fingerprint density at radius 2 is 1.08 bits per heavy atom. The number of rotatable bonds is 12. The SMILES string of the molecule is C=C(C)C/C(CCCCC)=C(\O[Si](c1ccccc1)(c1ccccc1)c1ccccc1)c1ccccc1. The molecule has 0 aromatic heterocycles. The standard InChI is InChI=1S/C35H38OSi/c1-4-5-10-21-31(28-29(2)3)35(30-19-11-6-12-20-30)36-37(32-22-13-7-14-23-32,33-24-15-8-16-25-33)34-26-17-9-18-27-34/h6-9,11-20,22-27H,2,4-5,10,21,28H2,1,3H3/b35-31-. The van der Waals surface area contributed by atoms with Crippen molar-refractivity contribution in [2.75, 3.05) is 0 Å². The van der Waals surface area contributed by atoms with E-state index in [1.54, 1.807) is 0 Å². The van der Waals surface area contributed by atoms with Gasteiger partial charge in [0.15, 0.2) is 0 Å². The van der Waals surface area contributed by atoms with Crippen molar-refractivity contribution in [1.82, 2.24) is 0 Å². The molecule has 4 aromatic carbocycles. The van der Waals surface area contributed by atoms with Crippen LogP contribution in [0.4, 0.5) is 0 Å². The van der Waals surface area contributed by atoms with Crippen molar-refractivity contribution in [2.45, 2.75) is 46.0 Å². The van der Waals surface area contributed by atoms with Gasteiger partial charge in [-0.2, -0.15) is 0 Å². The summed E-state index contributed by atoms with van der Waals surface area (Å²) in [6, 6.07) is 43.2. The van der Waals surface area contributed by atoms with Crippen LogP contribution in [0.1, 0.15) is 51.5 Å². The zero-order chi connectivity index (χ0) is 25.9. The Labute approximate surface area is 224 Å². The van der Waals surface area contributed by atoms with Crippen LogP contribution in [0, 0.1) is 0 Å². The first-order valence-electron chi connectivity index (χ1n) is 13.4. The van der Waals surface area contributed by atoms with Crippen molar-refractivity contribution in [3.63, 3.8) is 0 Å². The Kier molecular flexibility index (Phi) is 9.34. The van der Waals surface area contributed by atoms with Crippen LogP contribution in [0.3, 0.4) is 0 Å². The second-order valence-electron chi connectivity index (χ2n) is 9.77. The predicted molar refractivity (Wildman–Crippen MR) is 162 cm³/mol. The van der Waals surface area contributed by atoms with E-state index in [1.165, 1.54) is 34.0 Å². The lowest BCUT2D eigenvalue weighted by Gasteiger charge is -2.36. The van der Waals surface area contributed by atoms with Crippen LogP contribution in [0.5, 0.6) is 0 Å². The minimum atomic E-state index is -2.92. The summed E-state index contributed by atoms with van der Waals surface area (Å²) in [5.41, 5.74) is 3.64. The largest absolute Gasteiger partial charge is 0.530 e. The van der Waals surface area contributed by atoms with Crippen LogP contribution in [0.25, 0.3) is 5.76 Å². The van der Waals surface area contributed by atoms with E-state index >= 15 is 0 Å². The molecule has 4 aromatic rings. The van der Waals surface area contributed by atoms with Crippen molar-refractivity contribution < 1.29 is 4.43 Å². The van der Waals surface area contributed by atoms with E-state index in [9.17, 15) is 0 Å². The van der Waals surface area contributed by atoms with Gasteiger partial charge < -0.3 is 4.43 Å². The first-order valence-corrected chi connectivity index (χ1v) is 15.3. The molecule has 37 heavy (non-hydrogen) atoms. The Morgan fingerprint density at radius 1 is 0.649 bits per heavy atom. The molecule has 0 bridgehead atoms. The molecule has 0 aliphatic heterocycles. The molecule has 0 heterocycles. The number of benzene rings is 4. The van der Waals surface area contributed by atoms with E-state index in [-0.39, 0.29) is 0 Å². The molecule has 1 nitrogen and oxygen atoms in total. The van der Waals surface area contributed by atoms with Gasteiger partial charge in [0.05, 0.1) is 0 Å². The number of hydrogen-bond acceptors (Lipinski definition) is 1. The fraction of sp³-hybridized carbons (Fsp3) is 0.200. The molecule has 0 aliphatic carbocycles. The molecule has 0 saturated heterocycles. The highest BCUT2D eigenvalue weighted by Crippen LogP contribution is 2.31. The van der Waals surface area contributed by atoms with E-state index in [0.29, 0.717) is 0 Å². The summed E-state index contributed by atoms with van der Waals surface area (Å²) in [4.78, 5) is 0. The van der Waals surface area contributed by atoms with Crippen molar-refractivity contribution in [1.29, 1.82) is 0 Å². The minimum Gasteiger partial charge on any atom is -0.530 e. The summed E-state index contributed by atoms with van der Waals surface area (Å²) in [7, 11) is -2.92. The minimum absolute atomic E-state index is 0.844. The molecule has 0 unspecified atom stereocenters. The molecule has 2 heteroatoms. The van der Waals surface area contributed by atoms with Crippen LogP contribution in [0.2, 0.25) is 0 Å². The third-order valence-electron chi connectivity index (χ3n) is 6.75. The monoisotopic (exact) mass is 502 g/mol. The van der Waals surface area contributed by atoms with E-state index in [2.05, 4.69) is 142 Å². The van der Waals surface area contributed by atoms with Gasteiger partial charge in [-0.3, -0.25) is 0 Å². The normalized spacial score (nSPS) is 12.1. The average Bonchev–Trinajstić information content (AvgIpc) is 2.95. The number of unbranched alkanes of at least 4 members (excludes halogenated alkanes) is 2. The molecule has 0 fully saturated rings. The molecule has 188 valence electrons. The Hall–Kier alpha value is -3.62. The Morgan fingerprint density at radius 3 is 1.49 bits per heavy atom. The lowest BCUT2D eigenvalue weighted by Crippen LogP contribution is -2.69. The summed E-state index contributed by atoms with van der Waals surface area (Å²) >= 11 is 0. The maximum atomic E-state index is 7.65. The lowest BCUT2D eigenvalue weighted by molar-refractivity contribution is 0.521. The smallest absolute Gasteiger partial charge is 0.346 e. The molecule has 0 spiro atoms. The highest BCUT2D eigenvalue weighted by atomic mass is 28.4. The summed E-state index contributed by atoms with van der Waals surface area (Å²) in [5, 5.41) is 3.72. The van der Waals surface area contributed by atoms with E-state index in [0.717, 1.165) is 36.2 Å². The van der Waals surface area contributed by atoms with Gasteiger partial charge >= 0.3 is 8.32 Å². The summed E-state index contributed by atoms with van der Waals surface area (Å²) < 4.78 is 7.65. The topological polar surface area (TPSA) is 9.23 Å². The molecule has 0 amide bonds. The van der Waals surface area contributed by atoms with E-state index in [1.807, 2.05) is 0 Å². The quantitative estimate of drug-likeness (QED) is 0.0636. The van der Waals surface area contributed by atoms with Crippen LogP contribution in [-0.2, 0) is 4.43 Å². The molecule has 4 rings (SSSR count).